The van der Waals surface area contributed by atoms with Gasteiger partial charge in [-0.3, -0.25) is 4.79 Å². The molecule has 24 heavy (non-hydrogen) atoms. The van der Waals surface area contributed by atoms with Crippen molar-refractivity contribution in [1.82, 2.24) is 5.43 Å². The average Bonchev–Trinajstić information content (AvgIpc) is 2.90. The van der Waals surface area contributed by atoms with Gasteiger partial charge in [0.1, 0.15) is 11.5 Å². The van der Waals surface area contributed by atoms with Gasteiger partial charge in [-0.2, -0.15) is 5.10 Å². The molecule has 0 aliphatic carbocycles. The van der Waals surface area contributed by atoms with Gasteiger partial charge in [-0.1, -0.05) is 0 Å². The first-order valence-electron chi connectivity index (χ1n) is 7.60. The maximum Gasteiger partial charge on any atom is 0.240 e. The van der Waals surface area contributed by atoms with Crippen LogP contribution in [0.25, 0.3) is 0 Å². The molecule has 0 bridgehead atoms. The normalized spacial score (nSPS) is 19.8. The van der Waals surface area contributed by atoms with Gasteiger partial charge >= 0.3 is 0 Å². The number of methoxy groups -OCH3 is 2. The summed E-state index contributed by atoms with van der Waals surface area (Å²) in [6.07, 6.45) is 0.695. The first-order chi connectivity index (χ1) is 11.3. The minimum Gasteiger partial charge on any atom is -0.497 e. The number of benzene rings is 1. The monoisotopic (exact) mass is 354 g/mol. The molecular formula is C16H22N2O5S. The van der Waals surface area contributed by atoms with Crippen LogP contribution < -0.4 is 14.9 Å². The zero-order valence-corrected chi connectivity index (χ0v) is 14.9. The number of ether oxygens (including phenoxy) is 2. The van der Waals surface area contributed by atoms with Crippen LogP contribution in [0.3, 0.4) is 0 Å². The number of nitrogens with one attached hydrogen (secondary N) is 1. The van der Waals surface area contributed by atoms with Crippen LogP contribution >= 0.6 is 0 Å². The third-order valence-corrected chi connectivity index (χ3v) is 5.78. The molecule has 7 nitrogen and oxygen atoms in total. The van der Waals surface area contributed by atoms with E-state index in [9.17, 15) is 13.2 Å². The predicted molar refractivity (Wildman–Crippen MR) is 91.3 cm³/mol. The van der Waals surface area contributed by atoms with E-state index in [1.54, 1.807) is 39.3 Å². The van der Waals surface area contributed by atoms with Gasteiger partial charge in [-0.25, -0.2) is 13.8 Å². The van der Waals surface area contributed by atoms with Gasteiger partial charge in [0.25, 0.3) is 0 Å². The van der Waals surface area contributed by atoms with Crippen molar-refractivity contribution in [3.63, 3.8) is 0 Å². The molecule has 132 valence electrons. The molecular weight excluding hydrogens is 332 g/mol. The molecule has 1 N–H and O–H groups in total. The number of hydrogen-bond acceptors (Lipinski definition) is 6. The molecule has 8 heteroatoms. The fraction of sp³-hybridized carbons (Fsp3) is 0.500. The van der Waals surface area contributed by atoms with Gasteiger partial charge in [0.2, 0.25) is 5.91 Å². The second-order valence-electron chi connectivity index (χ2n) is 5.77. The van der Waals surface area contributed by atoms with E-state index in [4.69, 9.17) is 9.47 Å². The van der Waals surface area contributed by atoms with Crippen molar-refractivity contribution >= 4 is 21.5 Å². The van der Waals surface area contributed by atoms with E-state index >= 15 is 0 Å². The van der Waals surface area contributed by atoms with Crippen LogP contribution in [-0.4, -0.2) is 45.8 Å². The van der Waals surface area contributed by atoms with Crippen LogP contribution in [0, 0.1) is 5.92 Å². The molecule has 0 aromatic heterocycles. The van der Waals surface area contributed by atoms with E-state index in [0.29, 0.717) is 23.6 Å². The number of nitrogens with zero attached hydrogens (tertiary/aromatic N) is 1. The van der Waals surface area contributed by atoms with Gasteiger partial charge < -0.3 is 9.47 Å². The molecule has 1 heterocycles. The van der Waals surface area contributed by atoms with E-state index in [1.807, 2.05) is 0 Å². The van der Waals surface area contributed by atoms with Crippen molar-refractivity contribution in [1.29, 1.82) is 0 Å². The Kier molecular flexibility index (Phi) is 5.82. The van der Waals surface area contributed by atoms with Gasteiger partial charge in [-0.05, 0) is 31.4 Å². The molecule has 1 aromatic rings. The summed E-state index contributed by atoms with van der Waals surface area (Å²) in [7, 11) is 0.139. The molecule has 1 aromatic carbocycles. The number of hydrazone groups is 1. The van der Waals surface area contributed by atoms with Crippen molar-refractivity contribution < 1.29 is 22.7 Å². The highest BCUT2D eigenvalue weighted by molar-refractivity contribution is 7.91. The number of sulfone groups is 1. The SMILES string of the molecule is COc1ccc(/C(C)=N\NC(=O)C[C@H]2CCS(=O)(=O)C2)c(OC)c1. The number of carbonyl (C=O) groups is 1. The van der Waals surface area contributed by atoms with Crippen molar-refractivity contribution in [3.8, 4) is 11.5 Å². The zero-order valence-electron chi connectivity index (χ0n) is 14.0. The molecule has 0 radical (unpaired) electrons. The lowest BCUT2D eigenvalue weighted by atomic mass is 10.1. The molecule has 0 unspecified atom stereocenters. The van der Waals surface area contributed by atoms with Crippen molar-refractivity contribution in [2.75, 3.05) is 25.7 Å². The first-order valence-corrected chi connectivity index (χ1v) is 9.42. The summed E-state index contributed by atoms with van der Waals surface area (Å²) in [6, 6.07) is 5.31. The van der Waals surface area contributed by atoms with Crippen molar-refractivity contribution in [2.45, 2.75) is 19.8 Å². The summed E-state index contributed by atoms with van der Waals surface area (Å²) in [5.41, 5.74) is 3.81. The smallest absolute Gasteiger partial charge is 0.240 e. The fourth-order valence-electron chi connectivity index (χ4n) is 2.64. The van der Waals surface area contributed by atoms with E-state index in [-0.39, 0.29) is 29.8 Å². The van der Waals surface area contributed by atoms with Gasteiger partial charge in [0.15, 0.2) is 9.84 Å². The van der Waals surface area contributed by atoms with Crippen LogP contribution in [-0.2, 0) is 14.6 Å². The summed E-state index contributed by atoms with van der Waals surface area (Å²) in [5, 5.41) is 4.08. The number of amides is 1. The molecule has 2 rings (SSSR count). The molecule has 0 saturated carbocycles. The molecule has 1 fully saturated rings. The van der Waals surface area contributed by atoms with Crippen LogP contribution in [0.2, 0.25) is 0 Å². The quantitative estimate of drug-likeness (QED) is 0.615. The highest BCUT2D eigenvalue weighted by Gasteiger charge is 2.29. The molecule has 1 amide bonds. The Labute approximate surface area is 142 Å². The van der Waals surface area contributed by atoms with Crippen LogP contribution in [0.4, 0.5) is 0 Å². The van der Waals surface area contributed by atoms with Gasteiger partial charge in [0.05, 0.1) is 31.4 Å². The summed E-state index contributed by atoms with van der Waals surface area (Å²) in [6.45, 7) is 1.75. The van der Waals surface area contributed by atoms with E-state index in [0.717, 1.165) is 5.56 Å². The lowest BCUT2D eigenvalue weighted by Gasteiger charge is -2.10. The van der Waals surface area contributed by atoms with Crippen LogP contribution in [0.15, 0.2) is 23.3 Å². The highest BCUT2D eigenvalue weighted by Crippen LogP contribution is 2.25. The largest absolute Gasteiger partial charge is 0.497 e. The standard InChI is InChI=1S/C16H22N2O5S/c1-11(14-5-4-13(22-2)9-15(14)23-3)17-18-16(19)8-12-6-7-24(20,21)10-12/h4-5,9,12H,6-8,10H2,1-3H3,(H,18,19)/b17-11-/t12-/m1/s1. The lowest BCUT2D eigenvalue weighted by molar-refractivity contribution is -0.121. The topological polar surface area (TPSA) is 94.1 Å². The summed E-state index contributed by atoms with van der Waals surface area (Å²) in [4.78, 5) is 11.9. The Bertz CT molecular complexity index is 743. The van der Waals surface area contributed by atoms with Crippen LogP contribution in [0.1, 0.15) is 25.3 Å². The summed E-state index contributed by atoms with van der Waals surface area (Å²) < 4.78 is 33.3. The number of hydrogen-bond donors (Lipinski definition) is 1. The van der Waals surface area contributed by atoms with Gasteiger partial charge in [0, 0.05) is 18.1 Å². The molecule has 0 spiro atoms. The molecule has 1 aliphatic heterocycles. The Hall–Kier alpha value is -2.09. The summed E-state index contributed by atoms with van der Waals surface area (Å²) in [5.74, 6) is 1.08. The molecule has 1 aliphatic rings. The van der Waals surface area contributed by atoms with E-state index < -0.39 is 9.84 Å². The first kappa shape index (κ1) is 18.3. The predicted octanol–water partition coefficient (Wildman–Crippen LogP) is 1.37. The number of carbonyl (C=O) groups excluding carboxylic acids is 1. The Morgan fingerprint density at radius 1 is 1.33 bits per heavy atom. The van der Waals surface area contributed by atoms with E-state index in [2.05, 4.69) is 10.5 Å². The second kappa shape index (κ2) is 7.65. The number of rotatable bonds is 6. The minimum absolute atomic E-state index is 0.0788. The average molecular weight is 354 g/mol. The van der Waals surface area contributed by atoms with Crippen LogP contribution in [0.5, 0.6) is 11.5 Å². The third-order valence-electron chi connectivity index (χ3n) is 3.95. The molecule has 1 saturated heterocycles. The highest BCUT2D eigenvalue weighted by atomic mass is 32.2. The minimum atomic E-state index is -2.98. The lowest BCUT2D eigenvalue weighted by Crippen LogP contribution is -2.22. The van der Waals surface area contributed by atoms with Crippen molar-refractivity contribution in [3.05, 3.63) is 23.8 Å². The van der Waals surface area contributed by atoms with Crippen molar-refractivity contribution in [2.24, 2.45) is 11.0 Å². The third kappa shape index (κ3) is 4.70. The summed E-state index contributed by atoms with van der Waals surface area (Å²) >= 11 is 0. The fourth-order valence-corrected chi connectivity index (χ4v) is 4.51. The Balaban J connectivity index is 2.00. The van der Waals surface area contributed by atoms with E-state index in [1.165, 1.54) is 0 Å². The maximum atomic E-state index is 11.9. The molecule has 1 atom stereocenters. The Morgan fingerprint density at radius 3 is 2.67 bits per heavy atom. The van der Waals surface area contributed by atoms with Gasteiger partial charge in [-0.15, -0.1) is 0 Å². The maximum absolute atomic E-state index is 11.9. The zero-order chi connectivity index (χ0) is 17.7. The Morgan fingerprint density at radius 2 is 2.08 bits per heavy atom. The second-order valence-corrected chi connectivity index (χ2v) is 8.00.